The van der Waals surface area contributed by atoms with Crippen molar-refractivity contribution in [3.8, 4) is 0 Å². The number of rotatable bonds is 3. The summed E-state index contributed by atoms with van der Waals surface area (Å²) in [5, 5.41) is 12.5. The predicted octanol–water partition coefficient (Wildman–Crippen LogP) is 1.02. The molecule has 2 rings (SSSR count). The molecule has 1 aromatic rings. The molecule has 1 aliphatic rings. The molecule has 1 aromatic carbocycles. The monoisotopic (exact) mass is 266 g/mol. The minimum atomic E-state index is -0.595. The number of carbonyl (C=O) groups is 1. The smallest absolute Gasteiger partial charge is 0.319 e. The SMILES string of the molecule is N=C(N)c1cc(NC(=O)NC2CCOC2)ccc1F. The Morgan fingerprint density at radius 2 is 2.32 bits per heavy atom. The molecular weight excluding hydrogens is 251 g/mol. The molecule has 0 aromatic heterocycles. The van der Waals surface area contributed by atoms with Gasteiger partial charge in [0.05, 0.1) is 18.2 Å². The van der Waals surface area contributed by atoms with Crippen LogP contribution in [0.15, 0.2) is 18.2 Å². The molecule has 1 atom stereocenters. The highest BCUT2D eigenvalue weighted by Gasteiger charge is 2.17. The van der Waals surface area contributed by atoms with E-state index in [1.807, 2.05) is 0 Å². The van der Waals surface area contributed by atoms with Gasteiger partial charge in [-0.15, -0.1) is 0 Å². The van der Waals surface area contributed by atoms with Gasteiger partial charge in [-0.2, -0.15) is 0 Å². The predicted molar refractivity (Wildman–Crippen MR) is 68.8 cm³/mol. The van der Waals surface area contributed by atoms with E-state index in [0.29, 0.717) is 18.9 Å². The molecule has 6 nitrogen and oxygen atoms in total. The molecule has 102 valence electrons. The van der Waals surface area contributed by atoms with E-state index in [4.69, 9.17) is 15.9 Å². The number of ether oxygens (including phenoxy) is 1. The van der Waals surface area contributed by atoms with Gasteiger partial charge in [0.15, 0.2) is 0 Å². The van der Waals surface area contributed by atoms with E-state index in [-0.39, 0.29) is 17.4 Å². The first-order chi connectivity index (χ1) is 9.06. The molecule has 7 heteroatoms. The molecule has 0 bridgehead atoms. The van der Waals surface area contributed by atoms with Gasteiger partial charge in [0, 0.05) is 12.3 Å². The number of amidine groups is 1. The summed E-state index contributed by atoms with van der Waals surface area (Å²) in [6.45, 7) is 1.13. The first kappa shape index (κ1) is 13.3. The van der Waals surface area contributed by atoms with Gasteiger partial charge in [-0.3, -0.25) is 5.41 Å². The highest BCUT2D eigenvalue weighted by Crippen LogP contribution is 2.14. The number of carbonyl (C=O) groups excluding carboxylic acids is 1. The Bertz CT molecular complexity index is 501. The summed E-state index contributed by atoms with van der Waals surface area (Å²) in [7, 11) is 0. The minimum Gasteiger partial charge on any atom is -0.384 e. The van der Waals surface area contributed by atoms with E-state index in [9.17, 15) is 9.18 Å². The maximum absolute atomic E-state index is 13.3. The molecule has 1 aliphatic heterocycles. The summed E-state index contributed by atoms with van der Waals surface area (Å²) in [5.74, 6) is -0.978. The van der Waals surface area contributed by atoms with Crippen molar-refractivity contribution in [2.45, 2.75) is 12.5 Å². The Labute approximate surface area is 109 Å². The second-order valence-electron chi connectivity index (χ2n) is 4.27. The van der Waals surface area contributed by atoms with Crippen molar-refractivity contribution in [2.24, 2.45) is 5.73 Å². The zero-order valence-electron chi connectivity index (χ0n) is 10.2. The third-order valence-corrected chi connectivity index (χ3v) is 2.78. The molecule has 1 unspecified atom stereocenters. The lowest BCUT2D eigenvalue weighted by Crippen LogP contribution is -2.38. The van der Waals surface area contributed by atoms with Gasteiger partial charge in [0.2, 0.25) is 0 Å². The average Bonchev–Trinajstić information content (AvgIpc) is 2.84. The minimum absolute atomic E-state index is 0.00674. The normalized spacial score (nSPS) is 18.1. The second kappa shape index (κ2) is 5.66. The largest absolute Gasteiger partial charge is 0.384 e. The number of hydrogen-bond acceptors (Lipinski definition) is 3. The fourth-order valence-corrected chi connectivity index (χ4v) is 1.81. The number of anilines is 1. The van der Waals surface area contributed by atoms with E-state index >= 15 is 0 Å². The van der Waals surface area contributed by atoms with Gasteiger partial charge in [-0.1, -0.05) is 0 Å². The zero-order valence-corrected chi connectivity index (χ0v) is 10.2. The number of nitrogen functional groups attached to an aromatic ring is 1. The summed E-state index contributed by atoms with van der Waals surface area (Å²) in [4.78, 5) is 11.7. The van der Waals surface area contributed by atoms with E-state index < -0.39 is 11.8 Å². The molecule has 0 aliphatic carbocycles. The average molecular weight is 266 g/mol. The van der Waals surface area contributed by atoms with Crippen LogP contribution in [-0.2, 0) is 4.74 Å². The number of hydrogen-bond donors (Lipinski definition) is 4. The van der Waals surface area contributed by atoms with Crippen molar-refractivity contribution in [1.82, 2.24) is 5.32 Å². The maximum atomic E-state index is 13.3. The third kappa shape index (κ3) is 3.41. The summed E-state index contributed by atoms with van der Waals surface area (Å²) >= 11 is 0. The van der Waals surface area contributed by atoms with Crippen LogP contribution in [0, 0.1) is 11.2 Å². The standard InChI is InChI=1S/C12H15FN4O2/c13-10-2-1-7(5-9(10)11(14)15)16-12(18)17-8-3-4-19-6-8/h1-2,5,8H,3-4,6H2,(H3,14,15)(H2,16,17,18). The van der Waals surface area contributed by atoms with Crippen LogP contribution in [0.2, 0.25) is 0 Å². The summed E-state index contributed by atoms with van der Waals surface area (Å²) in [5.41, 5.74) is 5.58. The van der Waals surface area contributed by atoms with Gasteiger partial charge in [-0.25, -0.2) is 9.18 Å². The van der Waals surface area contributed by atoms with Crippen molar-refractivity contribution < 1.29 is 13.9 Å². The highest BCUT2D eigenvalue weighted by molar-refractivity contribution is 5.97. The van der Waals surface area contributed by atoms with Crippen molar-refractivity contribution in [1.29, 1.82) is 5.41 Å². The topological polar surface area (TPSA) is 100 Å². The van der Waals surface area contributed by atoms with Crippen LogP contribution >= 0.6 is 0 Å². The van der Waals surface area contributed by atoms with Crippen LogP contribution in [0.4, 0.5) is 14.9 Å². The van der Waals surface area contributed by atoms with Gasteiger partial charge < -0.3 is 21.1 Å². The van der Waals surface area contributed by atoms with E-state index in [1.54, 1.807) is 0 Å². The van der Waals surface area contributed by atoms with Crippen molar-refractivity contribution in [3.05, 3.63) is 29.6 Å². The summed E-state index contributed by atoms with van der Waals surface area (Å²) in [6, 6.07) is 3.49. The number of nitrogens with two attached hydrogens (primary N) is 1. The first-order valence-corrected chi connectivity index (χ1v) is 5.85. The quantitative estimate of drug-likeness (QED) is 0.485. The maximum Gasteiger partial charge on any atom is 0.319 e. The Kier molecular flexibility index (Phi) is 3.96. The molecule has 19 heavy (non-hydrogen) atoms. The molecule has 5 N–H and O–H groups in total. The molecule has 1 saturated heterocycles. The molecule has 0 spiro atoms. The van der Waals surface area contributed by atoms with Crippen LogP contribution in [0.1, 0.15) is 12.0 Å². The van der Waals surface area contributed by atoms with Crippen LogP contribution in [0.5, 0.6) is 0 Å². The Balaban J connectivity index is 2.00. The lowest BCUT2D eigenvalue weighted by atomic mass is 10.1. The third-order valence-electron chi connectivity index (χ3n) is 2.78. The zero-order chi connectivity index (χ0) is 13.8. The van der Waals surface area contributed by atoms with Crippen molar-refractivity contribution in [3.63, 3.8) is 0 Å². The number of nitrogens with one attached hydrogen (secondary N) is 3. The fourth-order valence-electron chi connectivity index (χ4n) is 1.81. The van der Waals surface area contributed by atoms with Crippen LogP contribution < -0.4 is 16.4 Å². The highest BCUT2D eigenvalue weighted by atomic mass is 19.1. The van der Waals surface area contributed by atoms with Gasteiger partial charge >= 0.3 is 6.03 Å². The van der Waals surface area contributed by atoms with Gasteiger partial charge in [-0.05, 0) is 24.6 Å². The Hall–Kier alpha value is -2.15. The molecule has 1 fully saturated rings. The first-order valence-electron chi connectivity index (χ1n) is 5.85. The lowest BCUT2D eigenvalue weighted by Gasteiger charge is -2.12. The Morgan fingerprint density at radius 3 is 2.95 bits per heavy atom. The second-order valence-corrected chi connectivity index (χ2v) is 4.27. The van der Waals surface area contributed by atoms with Crippen LogP contribution in [-0.4, -0.2) is 31.1 Å². The van der Waals surface area contributed by atoms with Crippen LogP contribution in [0.25, 0.3) is 0 Å². The van der Waals surface area contributed by atoms with Crippen molar-refractivity contribution in [2.75, 3.05) is 18.5 Å². The lowest BCUT2D eigenvalue weighted by molar-refractivity contribution is 0.189. The number of urea groups is 1. The molecular formula is C12H15FN4O2. The van der Waals surface area contributed by atoms with Crippen molar-refractivity contribution >= 4 is 17.6 Å². The number of amides is 2. The number of halogens is 1. The Morgan fingerprint density at radius 1 is 1.53 bits per heavy atom. The van der Waals surface area contributed by atoms with Gasteiger partial charge in [0.1, 0.15) is 11.7 Å². The fraction of sp³-hybridized carbons (Fsp3) is 0.333. The van der Waals surface area contributed by atoms with E-state index in [1.165, 1.54) is 12.1 Å². The number of benzene rings is 1. The molecule has 0 radical (unpaired) electrons. The summed E-state index contributed by atoms with van der Waals surface area (Å²) < 4.78 is 18.5. The van der Waals surface area contributed by atoms with Crippen LogP contribution in [0.3, 0.4) is 0 Å². The van der Waals surface area contributed by atoms with Gasteiger partial charge in [0.25, 0.3) is 0 Å². The van der Waals surface area contributed by atoms with E-state index in [2.05, 4.69) is 10.6 Å². The molecule has 1 heterocycles. The summed E-state index contributed by atoms with van der Waals surface area (Å²) in [6.07, 6.45) is 0.773. The van der Waals surface area contributed by atoms with E-state index in [0.717, 1.165) is 12.5 Å². The molecule has 0 saturated carbocycles. The molecule has 2 amide bonds.